The Morgan fingerprint density at radius 2 is 1.89 bits per heavy atom. The van der Waals surface area contributed by atoms with Gasteiger partial charge < -0.3 is 9.84 Å². The lowest BCUT2D eigenvalue weighted by molar-refractivity contribution is 0.0697. The fourth-order valence-corrected chi connectivity index (χ4v) is 1.59. The van der Waals surface area contributed by atoms with Crippen LogP contribution in [-0.2, 0) is 0 Å². The molecular formula is C14H13NO3. The lowest BCUT2D eigenvalue weighted by atomic mass is 10.1. The van der Waals surface area contributed by atoms with E-state index in [2.05, 4.69) is 4.98 Å². The van der Waals surface area contributed by atoms with Crippen molar-refractivity contribution >= 4 is 5.97 Å². The van der Waals surface area contributed by atoms with Gasteiger partial charge in [0.1, 0.15) is 11.5 Å². The van der Waals surface area contributed by atoms with E-state index in [1.54, 1.807) is 30.6 Å². The fourth-order valence-electron chi connectivity index (χ4n) is 1.59. The van der Waals surface area contributed by atoms with Crippen molar-refractivity contribution in [2.75, 3.05) is 0 Å². The fraction of sp³-hybridized carbons (Fsp3) is 0.143. The van der Waals surface area contributed by atoms with Gasteiger partial charge in [-0.05, 0) is 43.7 Å². The maximum atomic E-state index is 10.8. The Morgan fingerprint density at radius 3 is 2.50 bits per heavy atom. The molecule has 92 valence electrons. The average molecular weight is 243 g/mol. The molecule has 1 N–H and O–H groups in total. The second-order valence-corrected chi connectivity index (χ2v) is 4.03. The minimum atomic E-state index is -0.940. The van der Waals surface area contributed by atoms with Crippen molar-refractivity contribution in [2.45, 2.75) is 13.8 Å². The van der Waals surface area contributed by atoms with E-state index >= 15 is 0 Å². The van der Waals surface area contributed by atoms with E-state index in [0.717, 1.165) is 16.9 Å². The van der Waals surface area contributed by atoms with Gasteiger partial charge in [-0.2, -0.15) is 0 Å². The van der Waals surface area contributed by atoms with Crippen LogP contribution in [0.2, 0.25) is 0 Å². The first-order valence-electron chi connectivity index (χ1n) is 5.50. The molecule has 2 rings (SSSR count). The maximum absolute atomic E-state index is 10.8. The number of rotatable bonds is 3. The Kier molecular flexibility index (Phi) is 3.28. The third kappa shape index (κ3) is 2.48. The molecule has 4 nitrogen and oxygen atoms in total. The monoisotopic (exact) mass is 243 g/mol. The van der Waals surface area contributed by atoms with Gasteiger partial charge in [0.05, 0.1) is 5.56 Å². The molecule has 1 heterocycles. The summed E-state index contributed by atoms with van der Waals surface area (Å²) in [5.41, 5.74) is 1.97. The van der Waals surface area contributed by atoms with Crippen molar-refractivity contribution < 1.29 is 14.6 Å². The highest BCUT2D eigenvalue weighted by Gasteiger charge is 2.08. The number of pyridine rings is 1. The molecule has 0 atom stereocenters. The molecular weight excluding hydrogens is 230 g/mol. The normalized spacial score (nSPS) is 10.1. The van der Waals surface area contributed by atoms with Crippen molar-refractivity contribution in [1.82, 2.24) is 4.98 Å². The van der Waals surface area contributed by atoms with Crippen molar-refractivity contribution in [3.8, 4) is 11.5 Å². The van der Waals surface area contributed by atoms with Crippen LogP contribution in [0, 0.1) is 13.8 Å². The van der Waals surface area contributed by atoms with E-state index in [9.17, 15) is 4.79 Å². The molecule has 0 bridgehead atoms. The molecule has 0 amide bonds. The van der Waals surface area contributed by atoms with Gasteiger partial charge in [-0.15, -0.1) is 0 Å². The van der Waals surface area contributed by atoms with E-state index < -0.39 is 5.97 Å². The van der Waals surface area contributed by atoms with Gasteiger partial charge in [-0.25, -0.2) is 4.79 Å². The molecule has 18 heavy (non-hydrogen) atoms. The quantitative estimate of drug-likeness (QED) is 0.899. The molecule has 0 saturated heterocycles. The SMILES string of the molecule is Cc1cnccc1Oc1ccc(C(=O)O)cc1C. The summed E-state index contributed by atoms with van der Waals surface area (Å²) in [7, 11) is 0. The van der Waals surface area contributed by atoms with Crippen LogP contribution in [0.1, 0.15) is 21.5 Å². The number of aromatic nitrogens is 1. The summed E-state index contributed by atoms with van der Waals surface area (Å²) in [6.07, 6.45) is 3.37. The first-order chi connectivity index (χ1) is 8.58. The highest BCUT2D eigenvalue weighted by atomic mass is 16.5. The molecule has 2 aromatic rings. The average Bonchev–Trinajstić information content (AvgIpc) is 2.34. The Hall–Kier alpha value is -2.36. The first kappa shape index (κ1) is 12.1. The second kappa shape index (κ2) is 4.87. The zero-order chi connectivity index (χ0) is 13.1. The summed E-state index contributed by atoms with van der Waals surface area (Å²) in [6.45, 7) is 3.72. The molecule has 0 unspecified atom stereocenters. The second-order valence-electron chi connectivity index (χ2n) is 4.03. The van der Waals surface area contributed by atoms with Crippen molar-refractivity contribution in [1.29, 1.82) is 0 Å². The van der Waals surface area contributed by atoms with Crippen LogP contribution >= 0.6 is 0 Å². The molecule has 0 aliphatic carbocycles. The van der Waals surface area contributed by atoms with Gasteiger partial charge in [-0.3, -0.25) is 4.98 Å². The van der Waals surface area contributed by atoms with Gasteiger partial charge >= 0.3 is 5.97 Å². The minimum absolute atomic E-state index is 0.256. The van der Waals surface area contributed by atoms with Crippen LogP contribution in [0.4, 0.5) is 0 Å². The Labute approximate surface area is 105 Å². The summed E-state index contributed by atoms with van der Waals surface area (Å²) < 4.78 is 5.74. The number of carbonyl (C=O) groups is 1. The third-order valence-electron chi connectivity index (χ3n) is 2.61. The smallest absolute Gasteiger partial charge is 0.335 e. The zero-order valence-electron chi connectivity index (χ0n) is 10.2. The van der Waals surface area contributed by atoms with Gasteiger partial charge in [0.25, 0.3) is 0 Å². The number of carboxylic acids is 1. The largest absolute Gasteiger partial charge is 0.478 e. The lowest BCUT2D eigenvalue weighted by Gasteiger charge is -2.10. The highest BCUT2D eigenvalue weighted by Crippen LogP contribution is 2.27. The first-order valence-corrected chi connectivity index (χ1v) is 5.50. The minimum Gasteiger partial charge on any atom is -0.478 e. The van der Waals surface area contributed by atoms with E-state index in [-0.39, 0.29) is 5.56 Å². The van der Waals surface area contributed by atoms with Crippen LogP contribution < -0.4 is 4.74 Å². The number of nitrogens with zero attached hydrogens (tertiary/aromatic N) is 1. The van der Waals surface area contributed by atoms with E-state index in [4.69, 9.17) is 9.84 Å². The maximum Gasteiger partial charge on any atom is 0.335 e. The predicted molar refractivity (Wildman–Crippen MR) is 67.2 cm³/mol. The van der Waals surface area contributed by atoms with E-state index in [0.29, 0.717) is 5.75 Å². The number of aryl methyl sites for hydroxylation is 2. The molecule has 1 aromatic heterocycles. The molecule has 0 aliphatic rings. The predicted octanol–water partition coefficient (Wildman–Crippen LogP) is 3.19. The number of hydrogen-bond donors (Lipinski definition) is 1. The topological polar surface area (TPSA) is 59.4 Å². The Bertz CT molecular complexity index is 593. The molecule has 0 fully saturated rings. The van der Waals surface area contributed by atoms with Gasteiger partial charge in [0.15, 0.2) is 0 Å². The van der Waals surface area contributed by atoms with Crippen LogP contribution in [0.3, 0.4) is 0 Å². The van der Waals surface area contributed by atoms with E-state index in [1.165, 1.54) is 6.07 Å². The molecule has 4 heteroatoms. The van der Waals surface area contributed by atoms with Crippen LogP contribution in [0.15, 0.2) is 36.7 Å². The number of benzene rings is 1. The Morgan fingerprint density at radius 1 is 1.17 bits per heavy atom. The summed E-state index contributed by atoms with van der Waals surface area (Å²) in [4.78, 5) is 14.8. The van der Waals surface area contributed by atoms with Crippen molar-refractivity contribution in [3.05, 3.63) is 53.3 Å². The summed E-state index contributed by atoms with van der Waals surface area (Å²) in [5.74, 6) is 0.426. The van der Waals surface area contributed by atoms with Crippen molar-refractivity contribution in [3.63, 3.8) is 0 Å². The number of hydrogen-bond acceptors (Lipinski definition) is 3. The number of carboxylic acid groups (broad SMARTS) is 1. The summed E-state index contributed by atoms with van der Waals surface area (Å²) >= 11 is 0. The third-order valence-corrected chi connectivity index (χ3v) is 2.61. The number of ether oxygens (including phenoxy) is 1. The standard InChI is InChI=1S/C14H13NO3/c1-9-7-11(14(16)17)3-4-12(9)18-13-5-6-15-8-10(13)2/h3-8H,1-2H3,(H,16,17). The van der Waals surface area contributed by atoms with Crippen molar-refractivity contribution in [2.24, 2.45) is 0 Å². The highest BCUT2D eigenvalue weighted by molar-refractivity contribution is 5.88. The van der Waals surface area contributed by atoms with Gasteiger partial charge in [-0.1, -0.05) is 0 Å². The number of aromatic carboxylic acids is 1. The zero-order valence-corrected chi connectivity index (χ0v) is 10.2. The van der Waals surface area contributed by atoms with Crippen LogP contribution in [-0.4, -0.2) is 16.1 Å². The molecule has 0 spiro atoms. The van der Waals surface area contributed by atoms with E-state index in [1.807, 2.05) is 13.8 Å². The van der Waals surface area contributed by atoms with Gasteiger partial charge in [0.2, 0.25) is 0 Å². The van der Waals surface area contributed by atoms with Gasteiger partial charge in [0, 0.05) is 18.0 Å². The molecule has 0 aliphatic heterocycles. The van der Waals surface area contributed by atoms with Crippen LogP contribution in [0.25, 0.3) is 0 Å². The summed E-state index contributed by atoms with van der Waals surface area (Å²) in [6, 6.07) is 6.56. The molecule has 0 radical (unpaired) electrons. The molecule has 0 saturated carbocycles. The summed E-state index contributed by atoms with van der Waals surface area (Å²) in [5, 5.41) is 8.88. The lowest BCUT2D eigenvalue weighted by Crippen LogP contribution is -1.98. The Balaban J connectivity index is 2.30. The molecule has 1 aromatic carbocycles. The van der Waals surface area contributed by atoms with Crippen LogP contribution in [0.5, 0.6) is 11.5 Å².